The lowest BCUT2D eigenvalue weighted by Crippen LogP contribution is -2.43. The lowest BCUT2D eigenvalue weighted by Gasteiger charge is -2.23. The molecule has 0 radical (unpaired) electrons. The predicted octanol–water partition coefficient (Wildman–Crippen LogP) is 1.37. The van der Waals surface area contributed by atoms with Crippen LogP contribution in [-0.2, 0) is 11.3 Å². The summed E-state index contributed by atoms with van der Waals surface area (Å²) >= 11 is 1.24. The maximum atomic E-state index is 12.6. The third kappa shape index (κ3) is 3.74. The molecular formula is C17H21N5O2S. The Balaban J connectivity index is 1.70. The molecule has 1 aromatic carbocycles. The minimum absolute atomic E-state index is 0.0309. The second-order valence-corrected chi connectivity index (χ2v) is 6.85. The normalized spacial score (nSPS) is 16.7. The Morgan fingerprint density at radius 2 is 2.12 bits per heavy atom. The van der Waals surface area contributed by atoms with Crippen LogP contribution in [-0.4, -0.2) is 36.4 Å². The van der Waals surface area contributed by atoms with Crippen LogP contribution in [0.1, 0.15) is 28.9 Å². The molecule has 132 valence electrons. The number of rotatable bonds is 5. The number of nitrogen functional groups attached to an aromatic ring is 1. The van der Waals surface area contributed by atoms with Crippen LogP contribution in [0.15, 0.2) is 30.3 Å². The first-order valence-corrected chi connectivity index (χ1v) is 8.98. The Morgan fingerprint density at radius 3 is 2.84 bits per heavy atom. The molecule has 2 heterocycles. The van der Waals surface area contributed by atoms with E-state index in [-0.39, 0.29) is 23.6 Å². The van der Waals surface area contributed by atoms with Gasteiger partial charge in [-0.25, -0.2) is 4.98 Å². The average molecular weight is 359 g/mol. The number of benzene rings is 1. The van der Waals surface area contributed by atoms with Gasteiger partial charge in [0.05, 0.1) is 0 Å². The van der Waals surface area contributed by atoms with Crippen LogP contribution in [0.2, 0.25) is 0 Å². The Kier molecular flexibility index (Phi) is 5.18. The van der Waals surface area contributed by atoms with Gasteiger partial charge in [0.2, 0.25) is 5.91 Å². The summed E-state index contributed by atoms with van der Waals surface area (Å²) in [6.45, 7) is 1.22. The van der Waals surface area contributed by atoms with Crippen LogP contribution in [0.4, 0.5) is 10.1 Å². The van der Waals surface area contributed by atoms with Crippen LogP contribution in [0.5, 0.6) is 0 Å². The van der Waals surface area contributed by atoms with Gasteiger partial charge in [-0.1, -0.05) is 41.7 Å². The highest BCUT2D eigenvalue weighted by molar-refractivity contribution is 7.19. The van der Waals surface area contributed by atoms with Crippen LogP contribution < -0.4 is 21.3 Å². The molecule has 1 aromatic heterocycles. The predicted molar refractivity (Wildman–Crippen MR) is 98.6 cm³/mol. The van der Waals surface area contributed by atoms with E-state index in [4.69, 9.17) is 5.73 Å². The molecule has 0 aliphatic carbocycles. The molecule has 0 spiro atoms. The van der Waals surface area contributed by atoms with Crippen molar-refractivity contribution in [2.45, 2.75) is 25.4 Å². The molecular weight excluding hydrogens is 338 g/mol. The number of thiazole rings is 1. The summed E-state index contributed by atoms with van der Waals surface area (Å²) in [7, 11) is 1.54. The van der Waals surface area contributed by atoms with Gasteiger partial charge in [0.15, 0.2) is 10.8 Å². The lowest BCUT2D eigenvalue weighted by atomic mass is 10.2. The van der Waals surface area contributed by atoms with E-state index in [0.717, 1.165) is 24.9 Å². The molecule has 3 rings (SSSR count). The van der Waals surface area contributed by atoms with Gasteiger partial charge in [0, 0.05) is 20.1 Å². The van der Waals surface area contributed by atoms with Crippen LogP contribution in [0.3, 0.4) is 0 Å². The highest BCUT2D eigenvalue weighted by Crippen LogP contribution is 2.33. The molecule has 1 aliphatic rings. The fourth-order valence-electron chi connectivity index (χ4n) is 2.90. The zero-order valence-electron chi connectivity index (χ0n) is 14.0. The van der Waals surface area contributed by atoms with Crippen molar-refractivity contribution in [1.82, 2.24) is 15.6 Å². The molecule has 2 amide bonds. The number of nitrogens with two attached hydrogens (primary N) is 1. The molecule has 7 nitrogen and oxygen atoms in total. The van der Waals surface area contributed by atoms with Crippen LogP contribution in [0.25, 0.3) is 0 Å². The average Bonchev–Trinajstić information content (AvgIpc) is 3.26. The van der Waals surface area contributed by atoms with Crippen molar-refractivity contribution in [1.29, 1.82) is 0 Å². The third-order valence-corrected chi connectivity index (χ3v) is 5.12. The molecule has 8 heteroatoms. The van der Waals surface area contributed by atoms with Gasteiger partial charge in [-0.2, -0.15) is 0 Å². The summed E-state index contributed by atoms with van der Waals surface area (Å²) in [5, 5.41) is 6.49. The van der Waals surface area contributed by atoms with Gasteiger partial charge in [0.1, 0.15) is 11.0 Å². The lowest BCUT2D eigenvalue weighted by molar-refractivity contribution is -0.122. The zero-order chi connectivity index (χ0) is 17.8. The van der Waals surface area contributed by atoms with Crippen molar-refractivity contribution in [3.63, 3.8) is 0 Å². The monoisotopic (exact) mass is 359 g/mol. The number of aromatic nitrogens is 1. The number of nitrogens with one attached hydrogen (secondary N) is 2. The molecule has 1 unspecified atom stereocenters. The topological polar surface area (TPSA) is 100 Å². The first-order chi connectivity index (χ1) is 12.1. The van der Waals surface area contributed by atoms with Gasteiger partial charge in [-0.05, 0) is 18.4 Å². The van der Waals surface area contributed by atoms with E-state index in [1.807, 2.05) is 35.2 Å². The first-order valence-electron chi connectivity index (χ1n) is 8.17. The number of carbonyl (C=O) groups is 2. The van der Waals surface area contributed by atoms with Gasteiger partial charge in [-0.3, -0.25) is 9.59 Å². The number of nitrogens with zero attached hydrogens (tertiary/aromatic N) is 2. The molecule has 0 saturated carbocycles. The van der Waals surface area contributed by atoms with Gasteiger partial charge >= 0.3 is 0 Å². The van der Waals surface area contributed by atoms with Crippen LogP contribution in [0, 0.1) is 0 Å². The number of hydrogen-bond donors (Lipinski definition) is 3. The van der Waals surface area contributed by atoms with E-state index in [1.165, 1.54) is 18.4 Å². The minimum Gasteiger partial charge on any atom is -0.389 e. The van der Waals surface area contributed by atoms with Crippen molar-refractivity contribution in [2.75, 3.05) is 24.2 Å². The van der Waals surface area contributed by atoms with Crippen molar-refractivity contribution in [2.24, 2.45) is 0 Å². The largest absolute Gasteiger partial charge is 0.389 e. The fourth-order valence-corrected chi connectivity index (χ4v) is 3.80. The summed E-state index contributed by atoms with van der Waals surface area (Å²) in [5.74, 6) is -0.346. The maximum Gasteiger partial charge on any atom is 0.272 e. The summed E-state index contributed by atoms with van der Waals surface area (Å²) in [6.07, 6.45) is 1.66. The second kappa shape index (κ2) is 7.52. The third-order valence-electron chi connectivity index (χ3n) is 4.19. The Morgan fingerprint density at radius 1 is 1.36 bits per heavy atom. The highest BCUT2D eigenvalue weighted by atomic mass is 32.1. The SMILES string of the molecule is CNC(=O)c1nc(N2CCCC2C(=O)NCc2ccccc2)sc1N. The maximum absolute atomic E-state index is 12.6. The van der Waals surface area contributed by atoms with E-state index in [1.54, 1.807) is 0 Å². The van der Waals surface area contributed by atoms with Crippen LogP contribution >= 0.6 is 11.3 Å². The Hall–Kier alpha value is -2.61. The zero-order valence-corrected chi connectivity index (χ0v) is 14.8. The van der Waals surface area contributed by atoms with Crippen molar-refractivity contribution >= 4 is 33.3 Å². The molecule has 1 aliphatic heterocycles. The molecule has 1 fully saturated rings. The molecule has 0 bridgehead atoms. The highest BCUT2D eigenvalue weighted by Gasteiger charge is 2.33. The van der Waals surface area contributed by atoms with E-state index in [9.17, 15) is 9.59 Å². The molecule has 25 heavy (non-hydrogen) atoms. The van der Waals surface area contributed by atoms with Gasteiger partial charge in [-0.15, -0.1) is 0 Å². The standard InChI is InChI=1S/C17H21N5O2S/c1-19-16(24)13-14(18)25-17(21-13)22-9-5-8-12(22)15(23)20-10-11-6-3-2-4-7-11/h2-4,6-7,12H,5,8-10,18H2,1H3,(H,19,24)(H,20,23). The summed E-state index contributed by atoms with van der Waals surface area (Å²) in [6, 6.07) is 9.50. The number of anilines is 2. The van der Waals surface area contributed by atoms with E-state index in [0.29, 0.717) is 16.7 Å². The molecule has 1 saturated heterocycles. The quantitative estimate of drug-likeness (QED) is 0.749. The van der Waals surface area contributed by atoms with Crippen molar-refractivity contribution < 1.29 is 9.59 Å². The van der Waals surface area contributed by atoms with Gasteiger partial charge < -0.3 is 21.3 Å². The second-order valence-electron chi connectivity index (χ2n) is 5.84. The van der Waals surface area contributed by atoms with Gasteiger partial charge in [0.25, 0.3) is 5.91 Å². The summed E-state index contributed by atoms with van der Waals surface area (Å²) < 4.78 is 0. The van der Waals surface area contributed by atoms with E-state index >= 15 is 0 Å². The number of amides is 2. The Labute approximate surface area is 150 Å². The van der Waals surface area contributed by atoms with E-state index in [2.05, 4.69) is 15.6 Å². The first kappa shape index (κ1) is 17.2. The smallest absolute Gasteiger partial charge is 0.272 e. The molecule has 2 aromatic rings. The fraction of sp³-hybridized carbons (Fsp3) is 0.353. The number of hydrogen-bond acceptors (Lipinski definition) is 6. The molecule has 4 N–H and O–H groups in total. The summed E-state index contributed by atoms with van der Waals surface area (Å²) in [4.78, 5) is 30.7. The Bertz CT molecular complexity index is 762. The number of carbonyl (C=O) groups excluding carboxylic acids is 2. The summed E-state index contributed by atoms with van der Waals surface area (Å²) in [5.41, 5.74) is 7.19. The van der Waals surface area contributed by atoms with Crippen molar-refractivity contribution in [3.05, 3.63) is 41.6 Å². The van der Waals surface area contributed by atoms with E-state index < -0.39 is 0 Å². The minimum atomic E-state index is -0.315. The van der Waals surface area contributed by atoms with Crippen molar-refractivity contribution in [3.8, 4) is 0 Å². The molecule has 1 atom stereocenters.